The highest BCUT2D eigenvalue weighted by Gasteiger charge is 2.10. The van der Waals surface area contributed by atoms with Gasteiger partial charge in [-0.3, -0.25) is 14.8 Å². The maximum absolute atomic E-state index is 12.0. The molecular formula is C12H12N6O. The van der Waals surface area contributed by atoms with Gasteiger partial charge in [0, 0.05) is 30.4 Å². The molecule has 0 aliphatic carbocycles. The molecule has 7 heteroatoms. The van der Waals surface area contributed by atoms with Crippen molar-refractivity contribution in [3.63, 3.8) is 0 Å². The predicted molar refractivity (Wildman–Crippen MR) is 70.5 cm³/mol. The molecule has 0 saturated heterocycles. The molecule has 1 N–H and O–H groups in total. The largest absolute Gasteiger partial charge is 0.352 e. The van der Waals surface area contributed by atoms with Crippen molar-refractivity contribution in [2.24, 2.45) is 5.11 Å². The molecule has 0 fully saturated rings. The summed E-state index contributed by atoms with van der Waals surface area (Å²) in [4.78, 5) is 23.0. The van der Waals surface area contributed by atoms with Gasteiger partial charge in [0.1, 0.15) is 5.52 Å². The van der Waals surface area contributed by atoms with Crippen LogP contribution in [0.5, 0.6) is 0 Å². The number of para-hydroxylation sites is 1. The monoisotopic (exact) mass is 256 g/mol. The number of carbonyl (C=O) groups excluding carboxylic acids is 1. The standard InChI is InChI=1S/C12H12N6O/c13-18-17-6-2-5-16-12(19)9-3-1-4-10-11(9)15-8-7-14-10/h1,3-4,7-8H,2,5-6H2,(H,16,19). The normalized spacial score (nSPS) is 9.89. The first-order valence-corrected chi connectivity index (χ1v) is 5.81. The molecule has 0 unspecified atom stereocenters. The lowest BCUT2D eigenvalue weighted by atomic mass is 10.1. The molecule has 2 aromatic rings. The molecular weight excluding hydrogens is 244 g/mol. The lowest BCUT2D eigenvalue weighted by molar-refractivity contribution is 0.0955. The predicted octanol–water partition coefficient (Wildman–Crippen LogP) is 2.06. The second kappa shape index (κ2) is 6.32. The van der Waals surface area contributed by atoms with Crippen LogP contribution < -0.4 is 5.32 Å². The summed E-state index contributed by atoms with van der Waals surface area (Å²) in [7, 11) is 0. The number of nitrogens with one attached hydrogen (secondary N) is 1. The highest BCUT2D eigenvalue weighted by atomic mass is 16.1. The van der Waals surface area contributed by atoms with Gasteiger partial charge in [0.15, 0.2) is 0 Å². The van der Waals surface area contributed by atoms with Gasteiger partial charge in [0.05, 0.1) is 11.1 Å². The maximum Gasteiger partial charge on any atom is 0.253 e. The molecule has 0 atom stereocenters. The van der Waals surface area contributed by atoms with Gasteiger partial charge in [0.25, 0.3) is 5.91 Å². The van der Waals surface area contributed by atoms with E-state index in [-0.39, 0.29) is 5.91 Å². The van der Waals surface area contributed by atoms with E-state index in [0.29, 0.717) is 36.1 Å². The molecule has 1 heterocycles. The van der Waals surface area contributed by atoms with Crippen LogP contribution in [0.3, 0.4) is 0 Å². The summed E-state index contributed by atoms with van der Waals surface area (Å²) in [6, 6.07) is 5.28. The van der Waals surface area contributed by atoms with Gasteiger partial charge in [-0.25, -0.2) is 0 Å². The second-order valence-corrected chi connectivity index (χ2v) is 3.79. The minimum Gasteiger partial charge on any atom is -0.352 e. The molecule has 0 bridgehead atoms. The maximum atomic E-state index is 12.0. The minimum atomic E-state index is -0.202. The Hall–Kier alpha value is -2.66. The zero-order valence-corrected chi connectivity index (χ0v) is 10.2. The van der Waals surface area contributed by atoms with Crippen LogP contribution in [0.1, 0.15) is 16.8 Å². The first kappa shape index (κ1) is 12.8. The first-order valence-electron chi connectivity index (χ1n) is 5.81. The Morgan fingerprint density at radius 1 is 1.37 bits per heavy atom. The van der Waals surface area contributed by atoms with Crippen molar-refractivity contribution in [1.29, 1.82) is 0 Å². The summed E-state index contributed by atoms with van der Waals surface area (Å²) in [5.74, 6) is -0.202. The molecule has 0 radical (unpaired) electrons. The molecule has 7 nitrogen and oxygen atoms in total. The number of aromatic nitrogens is 2. The van der Waals surface area contributed by atoms with Gasteiger partial charge in [-0.2, -0.15) is 0 Å². The number of nitrogens with zero attached hydrogens (tertiary/aromatic N) is 5. The van der Waals surface area contributed by atoms with Gasteiger partial charge < -0.3 is 5.32 Å². The van der Waals surface area contributed by atoms with Crippen LogP contribution in [0.4, 0.5) is 0 Å². The number of hydrogen-bond acceptors (Lipinski definition) is 4. The Bertz CT molecular complexity index is 630. The number of azide groups is 1. The summed E-state index contributed by atoms with van der Waals surface area (Å²) in [5.41, 5.74) is 9.89. The fourth-order valence-electron chi connectivity index (χ4n) is 1.67. The summed E-state index contributed by atoms with van der Waals surface area (Å²) < 4.78 is 0. The smallest absolute Gasteiger partial charge is 0.253 e. The Labute approximate surface area is 109 Å². The summed E-state index contributed by atoms with van der Waals surface area (Å²) in [6.07, 6.45) is 3.75. The molecule has 96 valence electrons. The average molecular weight is 256 g/mol. The van der Waals surface area contributed by atoms with Gasteiger partial charge in [-0.15, -0.1) is 0 Å². The van der Waals surface area contributed by atoms with Crippen molar-refractivity contribution in [3.8, 4) is 0 Å². The van der Waals surface area contributed by atoms with E-state index < -0.39 is 0 Å². The fourth-order valence-corrected chi connectivity index (χ4v) is 1.67. The van der Waals surface area contributed by atoms with Crippen LogP contribution >= 0.6 is 0 Å². The second-order valence-electron chi connectivity index (χ2n) is 3.79. The highest BCUT2D eigenvalue weighted by molar-refractivity contribution is 6.04. The zero-order valence-electron chi connectivity index (χ0n) is 10.2. The molecule has 0 aliphatic heterocycles. The summed E-state index contributed by atoms with van der Waals surface area (Å²) >= 11 is 0. The van der Waals surface area contributed by atoms with Crippen molar-refractivity contribution < 1.29 is 4.79 Å². The third kappa shape index (κ3) is 3.17. The van der Waals surface area contributed by atoms with Crippen LogP contribution in [0.2, 0.25) is 0 Å². The average Bonchev–Trinajstić information content (AvgIpc) is 2.46. The topological polar surface area (TPSA) is 104 Å². The van der Waals surface area contributed by atoms with Crippen LogP contribution in [-0.2, 0) is 0 Å². The van der Waals surface area contributed by atoms with Crippen LogP contribution in [-0.4, -0.2) is 29.0 Å². The van der Waals surface area contributed by atoms with Gasteiger partial charge in [-0.1, -0.05) is 11.2 Å². The molecule has 1 aromatic carbocycles. The number of hydrogen-bond donors (Lipinski definition) is 1. The van der Waals surface area contributed by atoms with Crippen LogP contribution in [0.15, 0.2) is 35.7 Å². The van der Waals surface area contributed by atoms with Gasteiger partial charge in [-0.05, 0) is 24.1 Å². The fraction of sp³-hybridized carbons (Fsp3) is 0.250. The Kier molecular flexibility index (Phi) is 4.25. The Morgan fingerprint density at radius 2 is 2.21 bits per heavy atom. The van der Waals surface area contributed by atoms with E-state index in [2.05, 4.69) is 25.3 Å². The van der Waals surface area contributed by atoms with E-state index in [1.165, 1.54) is 0 Å². The summed E-state index contributed by atoms with van der Waals surface area (Å²) in [6.45, 7) is 0.820. The van der Waals surface area contributed by atoms with E-state index in [1.54, 1.807) is 30.6 Å². The lowest BCUT2D eigenvalue weighted by Crippen LogP contribution is -2.25. The molecule has 19 heavy (non-hydrogen) atoms. The Morgan fingerprint density at radius 3 is 3.05 bits per heavy atom. The quantitative estimate of drug-likeness (QED) is 0.383. The summed E-state index contributed by atoms with van der Waals surface area (Å²) in [5, 5.41) is 6.16. The SMILES string of the molecule is [N-]=[N+]=NCCCNC(=O)c1cccc2nccnc12. The van der Waals surface area contributed by atoms with Crippen molar-refractivity contribution in [3.05, 3.63) is 46.6 Å². The molecule has 1 aromatic heterocycles. The number of fused-ring (bicyclic) bond motifs is 1. The third-order valence-electron chi connectivity index (χ3n) is 2.53. The Balaban J connectivity index is 2.07. The molecule has 0 saturated carbocycles. The lowest BCUT2D eigenvalue weighted by Gasteiger charge is -2.06. The molecule has 2 rings (SSSR count). The molecule has 0 aliphatic rings. The third-order valence-corrected chi connectivity index (χ3v) is 2.53. The van der Waals surface area contributed by atoms with Crippen LogP contribution in [0, 0.1) is 0 Å². The number of rotatable bonds is 5. The highest BCUT2D eigenvalue weighted by Crippen LogP contribution is 2.13. The van der Waals surface area contributed by atoms with E-state index in [9.17, 15) is 4.79 Å². The van der Waals surface area contributed by atoms with Crippen molar-refractivity contribution in [2.75, 3.05) is 13.1 Å². The van der Waals surface area contributed by atoms with Crippen molar-refractivity contribution in [2.45, 2.75) is 6.42 Å². The first-order chi connectivity index (χ1) is 9.33. The molecule has 1 amide bonds. The van der Waals surface area contributed by atoms with Crippen molar-refractivity contribution >= 4 is 16.9 Å². The van der Waals surface area contributed by atoms with E-state index in [4.69, 9.17) is 5.53 Å². The van der Waals surface area contributed by atoms with E-state index in [1.807, 2.05) is 0 Å². The minimum absolute atomic E-state index is 0.202. The van der Waals surface area contributed by atoms with Crippen LogP contribution in [0.25, 0.3) is 21.5 Å². The number of carbonyl (C=O) groups is 1. The molecule has 0 spiro atoms. The number of amides is 1. The zero-order chi connectivity index (χ0) is 13.5. The van der Waals surface area contributed by atoms with E-state index >= 15 is 0 Å². The van der Waals surface area contributed by atoms with E-state index in [0.717, 1.165) is 0 Å². The van der Waals surface area contributed by atoms with Gasteiger partial charge >= 0.3 is 0 Å². The van der Waals surface area contributed by atoms with Crippen molar-refractivity contribution in [1.82, 2.24) is 15.3 Å². The van der Waals surface area contributed by atoms with Gasteiger partial charge in [0.2, 0.25) is 0 Å². The number of benzene rings is 1.